The van der Waals surface area contributed by atoms with Crippen molar-refractivity contribution in [1.82, 2.24) is 0 Å². The van der Waals surface area contributed by atoms with Crippen molar-refractivity contribution in [1.29, 1.82) is 0 Å². The highest BCUT2D eigenvalue weighted by molar-refractivity contribution is 5.87. The molecule has 2 N–H and O–H groups in total. The van der Waals surface area contributed by atoms with Crippen molar-refractivity contribution in [2.75, 3.05) is 6.61 Å². The Morgan fingerprint density at radius 3 is 2.53 bits per heavy atom. The van der Waals surface area contributed by atoms with Gasteiger partial charge in [-0.05, 0) is 50.0 Å². The maximum Gasteiger partial charge on any atom is 0.144 e. The number of aliphatic hydroxyl groups is 2. The number of aliphatic imine (C=N–C) groups is 1. The quantitative estimate of drug-likeness (QED) is 0.383. The normalized spacial score (nSPS) is 23.9. The number of Topliss-reactive ketones (excluding diaryl/α,β-unsaturated/α-hetero) is 1. The van der Waals surface area contributed by atoms with Crippen LogP contribution in [0, 0.1) is 23.2 Å². The van der Waals surface area contributed by atoms with Crippen LogP contribution in [0.1, 0.15) is 66.2 Å². The van der Waals surface area contributed by atoms with E-state index in [4.69, 9.17) is 0 Å². The van der Waals surface area contributed by atoms with E-state index in [1.54, 1.807) is 0 Å². The summed E-state index contributed by atoms with van der Waals surface area (Å²) in [6, 6.07) is 0. The molecule has 0 amide bonds. The van der Waals surface area contributed by atoms with Gasteiger partial charge in [0.2, 0.25) is 0 Å². The van der Waals surface area contributed by atoms with Crippen LogP contribution in [0.25, 0.3) is 0 Å². The molecule has 3 unspecified atom stereocenters. The van der Waals surface area contributed by atoms with Gasteiger partial charge in [0.25, 0.3) is 0 Å². The van der Waals surface area contributed by atoms with Crippen molar-refractivity contribution < 1.29 is 15.0 Å². The fourth-order valence-corrected chi connectivity index (χ4v) is 4.51. The summed E-state index contributed by atoms with van der Waals surface area (Å²) in [7, 11) is 0. The maximum absolute atomic E-state index is 13.3. The first-order chi connectivity index (χ1) is 14.0. The summed E-state index contributed by atoms with van der Waals surface area (Å²) in [5.74, 6) is 0.324. The molecule has 2 aliphatic carbocycles. The lowest BCUT2D eigenvalue weighted by atomic mass is 9.71. The molecule has 4 nitrogen and oxygen atoms in total. The second kappa shape index (κ2) is 10.5. The molecule has 0 saturated heterocycles. The number of aliphatic hydroxyl groups excluding tert-OH is 2. The van der Waals surface area contributed by atoms with Gasteiger partial charge in [0.1, 0.15) is 5.78 Å². The summed E-state index contributed by atoms with van der Waals surface area (Å²) in [6.07, 6.45) is 9.65. The lowest BCUT2D eigenvalue weighted by molar-refractivity contribution is -0.123. The number of rotatable bonds is 10. The molecule has 1 saturated carbocycles. The van der Waals surface area contributed by atoms with Crippen LogP contribution in [-0.4, -0.2) is 34.9 Å². The average molecular weight is 414 g/mol. The molecule has 0 heterocycles. The summed E-state index contributed by atoms with van der Waals surface area (Å²) in [5, 5.41) is 19.5. The standard InChI is InChI=1S/C26H39NO3/c1-7-23(21-8-9-21)27-15-17(2)10-18(3)25(26(4,5)6)24(30)14-19-11-20(16-28)13-22(29)12-19/h7,11,15,20-22,25,28-29H,2-3,8-10,12-14,16H2,1,4-6H3/b23-7-,27-15-. The first kappa shape index (κ1) is 24.5. The van der Waals surface area contributed by atoms with Crippen LogP contribution in [0.3, 0.4) is 0 Å². The lowest BCUT2D eigenvalue weighted by Gasteiger charge is -2.32. The number of ketones is 1. The molecular weight excluding hydrogens is 374 g/mol. The van der Waals surface area contributed by atoms with E-state index < -0.39 is 6.10 Å². The predicted molar refractivity (Wildman–Crippen MR) is 124 cm³/mol. The lowest BCUT2D eigenvalue weighted by Crippen LogP contribution is -2.31. The summed E-state index contributed by atoms with van der Waals surface area (Å²) < 4.78 is 0. The minimum absolute atomic E-state index is 0.00162. The summed E-state index contributed by atoms with van der Waals surface area (Å²) in [6.45, 7) is 16.6. The summed E-state index contributed by atoms with van der Waals surface area (Å²) in [4.78, 5) is 17.9. The molecule has 0 bridgehead atoms. The second-order valence-corrected chi connectivity index (χ2v) is 10.0. The molecule has 30 heavy (non-hydrogen) atoms. The van der Waals surface area contributed by atoms with Gasteiger partial charge in [-0.1, -0.05) is 57.2 Å². The highest BCUT2D eigenvalue weighted by atomic mass is 16.3. The zero-order chi connectivity index (χ0) is 22.5. The smallest absolute Gasteiger partial charge is 0.144 e. The fraction of sp³-hybridized carbons (Fsp3) is 0.615. The third-order valence-electron chi connectivity index (χ3n) is 5.92. The van der Waals surface area contributed by atoms with Crippen LogP contribution in [0.15, 0.2) is 52.7 Å². The van der Waals surface area contributed by atoms with Crippen molar-refractivity contribution in [3.05, 3.63) is 47.7 Å². The van der Waals surface area contributed by atoms with E-state index in [0.717, 1.165) is 22.4 Å². The van der Waals surface area contributed by atoms with Gasteiger partial charge in [-0.3, -0.25) is 9.79 Å². The van der Waals surface area contributed by atoms with Crippen LogP contribution < -0.4 is 0 Å². The third-order valence-corrected chi connectivity index (χ3v) is 5.92. The molecule has 0 aromatic carbocycles. The van der Waals surface area contributed by atoms with Crippen LogP contribution in [0.4, 0.5) is 0 Å². The van der Waals surface area contributed by atoms with Crippen LogP contribution in [0.2, 0.25) is 0 Å². The van der Waals surface area contributed by atoms with Crippen LogP contribution in [0.5, 0.6) is 0 Å². The van der Waals surface area contributed by atoms with E-state index >= 15 is 0 Å². The van der Waals surface area contributed by atoms with Crippen LogP contribution >= 0.6 is 0 Å². The van der Waals surface area contributed by atoms with Gasteiger partial charge >= 0.3 is 0 Å². The predicted octanol–water partition coefficient (Wildman–Crippen LogP) is 5.18. The van der Waals surface area contributed by atoms with Crippen molar-refractivity contribution in [2.24, 2.45) is 28.2 Å². The molecule has 0 spiro atoms. The number of nitrogens with zero attached hydrogens (tertiary/aromatic N) is 1. The average Bonchev–Trinajstić information content (AvgIpc) is 3.45. The highest BCUT2D eigenvalue weighted by Crippen LogP contribution is 2.38. The Bertz CT molecular complexity index is 747. The van der Waals surface area contributed by atoms with Gasteiger partial charge < -0.3 is 10.2 Å². The van der Waals surface area contributed by atoms with Crippen molar-refractivity contribution in [3.8, 4) is 0 Å². The van der Waals surface area contributed by atoms with E-state index in [1.807, 2.05) is 19.2 Å². The molecule has 2 rings (SSSR count). The molecule has 0 aromatic rings. The fourth-order valence-electron chi connectivity index (χ4n) is 4.51. The largest absolute Gasteiger partial charge is 0.396 e. The number of hydrogen-bond donors (Lipinski definition) is 2. The van der Waals surface area contributed by atoms with E-state index in [-0.39, 0.29) is 29.6 Å². The van der Waals surface area contributed by atoms with E-state index in [1.165, 1.54) is 12.8 Å². The zero-order valence-corrected chi connectivity index (χ0v) is 19.2. The van der Waals surface area contributed by atoms with Gasteiger partial charge in [-0.2, -0.15) is 0 Å². The second-order valence-electron chi connectivity index (χ2n) is 10.0. The van der Waals surface area contributed by atoms with Gasteiger partial charge in [0, 0.05) is 42.7 Å². The Kier molecular flexibility index (Phi) is 8.57. The Morgan fingerprint density at radius 1 is 1.33 bits per heavy atom. The molecule has 0 radical (unpaired) electrons. The maximum atomic E-state index is 13.3. The zero-order valence-electron chi connectivity index (χ0n) is 19.2. The minimum Gasteiger partial charge on any atom is -0.396 e. The van der Waals surface area contributed by atoms with E-state index in [0.29, 0.717) is 31.6 Å². The molecule has 2 aliphatic rings. The Hall–Kier alpha value is -1.78. The number of allylic oxidation sites excluding steroid dienone is 4. The third kappa shape index (κ3) is 7.17. The van der Waals surface area contributed by atoms with Gasteiger partial charge in [0.05, 0.1) is 6.10 Å². The SMILES string of the molecule is C=C(/C=N\C(=C/C)C1CC1)CC(=C)C(C(=O)CC1=CC(CO)CC(O)C1)C(C)(C)C. The summed E-state index contributed by atoms with van der Waals surface area (Å²) >= 11 is 0. The first-order valence-corrected chi connectivity index (χ1v) is 11.1. The molecule has 1 fully saturated rings. The Labute approximate surface area is 182 Å². The van der Waals surface area contributed by atoms with Gasteiger partial charge in [-0.15, -0.1) is 0 Å². The van der Waals surface area contributed by atoms with Crippen molar-refractivity contribution >= 4 is 12.0 Å². The highest BCUT2D eigenvalue weighted by Gasteiger charge is 2.34. The number of carbonyl (C=O) groups is 1. The van der Waals surface area contributed by atoms with E-state index in [2.05, 4.69) is 45.0 Å². The van der Waals surface area contributed by atoms with Crippen LogP contribution in [-0.2, 0) is 4.79 Å². The van der Waals surface area contributed by atoms with Crippen molar-refractivity contribution in [3.63, 3.8) is 0 Å². The number of hydrogen-bond acceptors (Lipinski definition) is 4. The monoisotopic (exact) mass is 413 g/mol. The molecule has 166 valence electrons. The minimum atomic E-state index is -0.491. The number of carbonyl (C=O) groups excluding carboxylic acids is 1. The summed E-state index contributed by atoms with van der Waals surface area (Å²) in [5.41, 5.74) is 3.48. The molecule has 4 heteroatoms. The molecule has 0 aromatic heterocycles. The Balaban J connectivity index is 2.06. The van der Waals surface area contributed by atoms with Gasteiger partial charge in [0.15, 0.2) is 0 Å². The first-order valence-electron chi connectivity index (χ1n) is 11.1. The van der Waals surface area contributed by atoms with Gasteiger partial charge in [-0.25, -0.2) is 0 Å². The molecular formula is C26H39NO3. The molecule has 0 aliphatic heterocycles. The Morgan fingerprint density at radius 2 is 2.00 bits per heavy atom. The topological polar surface area (TPSA) is 69.9 Å². The van der Waals surface area contributed by atoms with E-state index in [9.17, 15) is 15.0 Å². The van der Waals surface area contributed by atoms with Crippen molar-refractivity contribution in [2.45, 2.75) is 72.3 Å². The molecule has 3 atom stereocenters.